The Kier molecular flexibility index (Phi) is 23.6. The summed E-state index contributed by atoms with van der Waals surface area (Å²) in [6.07, 6.45) is 0. The highest BCUT2D eigenvalue weighted by Gasteiger charge is 2.04. The second kappa shape index (κ2) is 16.6. The van der Waals surface area contributed by atoms with Crippen molar-refractivity contribution in [3.63, 3.8) is 0 Å². The average molecular weight is 538 g/mol. The van der Waals surface area contributed by atoms with Crippen molar-refractivity contribution in [3.8, 4) is 0 Å². The van der Waals surface area contributed by atoms with Gasteiger partial charge in [-0.2, -0.15) is 0 Å². The van der Waals surface area contributed by atoms with Crippen LogP contribution in [0.2, 0.25) is 0 Å². The molecular formula is C16H48O7P6. The molecule has 0 unspecified atom stereocenters. The summed E-state index contributed by atoms with van der Waals surface area (Å²) in [5.41, 5.74) is 0. The van der Waals surface area contributed by atoms with Crippen LogP contribution in [-0.4, -0.2) is 107 Å². The van der Waals surface area contributed by atoms with E-state index in [1.807, 2.05) is 0 Å². The molecular weight excluding hydrogens is 490 g/mol. The normalized spacial score (nSPS) is 12.6. The fraction of sp³-hybridized carbons (Fsp3) is 1.00. The van der Waals surface area contributed by atoms with Gasteiger partial charge in [0.15, 0.2) is 0 Å². The van der Waals surface area contributed by atoms with Crippen molar-refractivity contribution in [2.45, 2.75) is 0 Å². The maximum Gasteiger partial charge on any atom is 0.0655 e. The van der Waals surface area contributed by atoms with E-state index >= 15 is 0 Å². The molecule has 0 bridgehead atoms. The molecule has 0 aliphatic rings. The Morgan fingerprint density at radius 2 is 0.483 bits per heavy atom. The van der Waals surface area contributed by atoms with Crippen LogP contribution in [-0.2, 0) is 13.4 Å². The first-order chi connectivity index (χ1) is 11.7. The van der Waals surface area contributed by atoms with Crippen LogP contribution in [0.1, 0.15) is 0 Å². The lowest BCUT2D eigenvalue weighted by Gasteiger charge is -2.39. The Hall–Kier alpha value is 1.98. The molecule has 0 radical (unpaired) electrons. The second-order valence-electron chi connectivity index (χ2n) is 11.7. The van der Waals surface area contributed by atoms with Crippen LogP contribution in [0, 0.1) is 0 Å². The zero-order chi connectivity index (χ0) is 25.7. The highest BCUT2D eigenvalue weighted by molar-refractivity contribution is 7.73. The minimum absolute atomic E-state index is 0.389. The van der Waals surface area contributed by atoms with Gasteiger partial charge in [0, 0.05) is 136 Å². The molecule has 0 spiro atoms. The minimum atomic E-state index is -5.68. The summed E-state index contributed by atoms with van der Waals surface area (Å²) < 4.78 is 21.2. The van der Waals surface area contributed by atoms with Gasteiger partial charge in [-0.15, -0.1) is 0 Å². The zero-order valence-electron chi connectivity index (χ0n) is 21.5. The van der Waals surface area contributed by atoms with Gasteiger partial charge in [0.2, 0.25) is 0 Å². The quantitative estimate of drug-likeness (QED) is 0.494. The second-order valence-corrected chi connectivity index (χ2v) is 35.6. The molecule has 0 saturated carbocycles. The summed E-state index contributed by atoms with van der Waals surface area (Å²) in [5.74, 6) is 0. The fourth-order valence-electron chi connectivity index (χ4n) is 0.122. The van der Waals surface area contributed by atoms with Gasteiger partial charge in [0.1, 0.15) is 0 Å². The highest BCUT2D eigenvalue weighted by atomic mass is 31.3. The van der Waals surface area contributed by atoms with Crippen molar-refractivity contribution < 1.29 is 33.0 Å². The van der Waals surface area contributed by atoms with Gasteiger partial charge in [-0.1, -0.05) is 0 Å². The summed E-state index contributed by atoms with van der Waals surface area (Å²) >= 11 is 0. The molecule has 29 heavy (non-hydrogen) atoms. The molecule has 0 aliphatic carbocycles. The van der Waals surface area contributed by atoms with E-state index in [-0.39, 0.29) is 29.0 Å². The summed E-state index contributed by atoms with van der Waals surface area (Å²) in [6, 6.07) is 0. The monoisotopic (exact) mass is 538 g/mol. The Balaban J connectivity index is -0.0000000853. The molecule has 0 atom stereocenters. The summed E-state index contributed by atoms with van der Waals surface area (Å²) in [7, 11) is -12.9. The minimum Gasteiger partial charge on any atom is -0.790 e. The largest absolute Gasteiger partial charge is 0.790 e. The lowest BCUT2D eigenvalue weighted by molar-refractivity contribution is -0.364. The third-order valence-electron chi connectivity index (χ3n) is 0.200. The molecule has 0 N–H and O–H groups in total. The van der Waals surface area contributed by atoms with E-state index in [4.69, 9.17) is 0 Å². The average Bonchev–Trinajstić information content (AvgIpc) is 1.94. The molecule has 7 nitrogen and oxygen atoms in total. The first-order valence-corrected chi connectivity index (χ1v) is 25.8. The van der Waals surface area contributed by atoms with Crippen molar-refractivity contribution in [2.75, 3.05) is 107 Å². The molecule has 0 aromatic carbocycles. The standard InChI is InChI=1S/4C4H12P.H4O7P2/c4*1-5(2,3)4;1-8(2,3)7-9(4,5)6/h4*1-4H3;(H2,1,2,3)(H2,4,5,6)/q4*+1;/p-4. The van der Waals surface area contributed by atoms with Gasteiger partial charge >= 0.3 is 0 Å². The van der Waals surface area contributed by atoms with E-state index in [2.05, 4.69) is 111 Å². The van der Waals surface area contributed by atoms with Crippen LogP contribution in [0.25, 0.3) is 0 Å². The van der Waals surface area contributed by atoms with Crippen LogP contribution in [0.4, 0.5) is 0 Å². The van der Waals surface area contributed by atoms with Gasteiger partial charge in [-0.3, -0.25) is 0 Å². The van der Waals surface area contributed by atoms with Gasteiger partial charge < -0.3 is 33.0 Å². The van der Waals surface area contributed by atoms with Gasteiger partial charge in [-0.25, -0.2) is 0 Å². The van der Waals surface area contributed by atoms with Gasteiger partial charge in [0.25, 0.3) is 0 Å². The predicted molar refractivity (Wildman–Crippen MR) is 139 cm³/mol. The lowest BCUT2D eigenvalue weighted by Crippen LogP contribution is -2.23. The van der Waals surface area contributed by atoms with Gasteiger partial charge in [-0.05, 0) is 0 Å². The lowest BCUT2D eigenvalue weighted by atomic mass is 11.8. The van der Waals surface area contributed by atoms with E-state index in [1.165, 1.54) is 0 Å². The van der Waals surface area contributed by atoms with Crippen LogP contribution in [0.3, 0.4) is 0 Å². The van der Waals surface area contributed by atoms with Crippen molar-refractivity contribution in [1.29, 1.82) is 0 Å². The SMILES string of the molecule is C[P+](C)(C)C.C[P+](C)(C)C.C[P+](C)(C)C.C[P+](C)(C)C.O=P([O-])([O-])OP(=O)([O-])[O-]. The Morgan fingerprint density at radius 3 is 0.483 bits per heavy atom. The maximum atomic E-state index is 9.32. The summed E-state index contributed by atoms with van der Waals surface area (Å²) in [6.45, 7) is 36.8. The van der Waals surface area contributed by atoms with Crippen LogP contribution < -0.4 is 19.6 Å². The third-order valence-corrected chi connectivity index (χ3v) is 1.80. The number of rotatable bonds is 2. The number of hydrogen-bond donors (Lipinski definition) is 0. The molecule has 0 amide bonds. The van der Waals surface area contributed by atoms with Crippen molar-refractivity contribution >= 4 is 44.7 Å². The number of hydrogen-bond acceptors (Lipinski definition) is 7. The zero-order valence-corrected chi connectivity index (χ0v) is 26.9. The third kappa shape index (κ3) is 369. The van der Waals surface area contributed by atoms with E-state index < -0.39 is 15.6 Å². The molecule has 184 valence electrons. The highest BCUT2D eigenvalue weighted by Crippen LogP contribution is 2.43. The topological polar surface area (TPSA) is 136 Å². The summed E-state index contributed by atoms with van der Waals surface area (Å²) in [4.78, 5) is 37.3. The first-order valence-electron chi connectivity index (χ1n) is 8.62. The molecule has 0 saturated heterocycles. The fourth-order valence-corrected chi connectivity index (χ4v) is 1.10. The maximum absolute atomic E-state index is 9.32. The smallest absolute Gasteiger partial charge is 0.0655 e. The Morgan fingerprint density at radius 1 is 0.414 bits per heavy atom. The van der Waals surface area contributed by atoms with E-state index in [0.29, 0.717) is 0 Å². The Labute approximate surface area is 184 Å². The van der Waals surface area contributed by atoms with E-state index in [0.717, 1.165) is 0 Å². The van der Waals surface area contributed by atoms with Gasteiger partial charge in [0.05, 0.1) is 15.6 Å². The Bertz CT molecular complexity index is 382. The number of phosphoric acid groups is 2. The first kappa shape index (κ1) is 41.3. The molecule has 13 heteroatoms. The van der Waals surface area contributed by atoms with Crippen LogP contribution in [0.5, 0.6) is 0 Å². The summed E-state index contributed by atoms with van der Waals surface area (Å²) in [5, 5.41) is 0. The molecule has 0 aliphatic heterocycles. The van der Waals surface area contributed by atoms with Crippen molar-refractivity contribution in [3.05, 3.63) is 0 Å². The van der Waals surface area contributed by atoms with E-state index in [1.54, 1.807) is 0 Å². The molecule has 0 aromatic heterocycles. The molecule has 0 heterocycles. The van der Waals surface area contributed by atoms with Crippen LogP contribution in [0.15, 0.2) is 0 Å². The molecule has 0 rings (SSSR count). The van der Waals surface area contributed by atoms with E-state index in [9.17, 15) is 28.7 Å². The van der Waals surface area contributed by atoms with Crippen LogP contribution >= 0.6 is 44.7 Å². The molecule has 0 aromatic rings. The molecule has 0 fully saturated rings. The van der Waals surface area contributed by atoms with Crippen molar-refractivity contribution in [1.82, 2.24) is 0 Å². The van der Waals surface area contributed by atoms with Crippen molar-refractivity contribution in [2.24, 2.45) is 0 Å². The predicted octanol–water partition coefficient (Wildman–Crippen LogP) is 2.75.